The Labute approximate surface area is 191 Å². The predicted octanol–water partition coefficient (Wildman–Crippen LogP) is 4.21. The first-order valence-corrected chi connectivity index (χ1v) is 11.9. The van der Waals surface area contributed by atoms with E-state index in [1.165, 1.54) is 21.0 Å². The number of para-hydroxylation sites is 1. The monoisotopic (exact) mass is 484 g/mol. The number of carboxylic acids is 1. The number of rotatable bonds is 2. The molecule has 0 atom stereocenters. The van der Waals surface area contributed by atoms with Crippen LogP contribution in [-0.4, -0.2) is 50.7 Å². The van der Waals surface area contributed by atoms with Crippen LogP contribution in [0.25, 0.3) is 0 Å². The molecular weight excluding hydrogens is 457 g/mol. The molecule has 1 N–H and O–H groups in total. The number of anilines is 1. The van der Waals surface area contributed by atoms with E-state index in [0.29, 0.717) is 12.8 Å². The number of fused-ring (bicyclic) bond motifs is 2. The second-order valence-corrected chi connectivity index (χ2v) is 10.8. The van der Waals surface area contributed by atoms with Crippen molar-refractivity contribution in [2.24, 2.45) is 0 Å². The molecule has 0 bridgehead atoms. The van der Waals surface area contributed by atoms with Gasteiger partial charge in [-0.1, -0.05) is 47.5 Å². The second kappa shape index (κ2) is 8.98. The molecule has 2 heterocycles. The minimum Gasteiger partial charge on any atom is -0.475 e. The topological polar surface area (TPSA) is 77.9 Å². The average molecular weight is 485 g/mol. The molecule has 33 heavy (non-hydrogen) atoms. The number of aryl methyl sites for hydroxylation is 2. The van der Waals surface area contributed by atoms with Gasteiger partial charge in [-0.15, -0.1) is 0 Å². The molecule has 0 aliphatic carbocycles. The van der Waals surface area contributed by atoms with Crippen LogP contribution < -0.4 is 4.31 Å². The minimum absolute atomic E-state index is 0.654. The van der Waals surface area contributed by atoms with Gasteiger partial charge in [0, 0.05) is 26.7 Å². The number of sulfonamides is 1. The molecule has 6 nitrogen and oxygen atoms in total. The summed E-state index contributed by atoms with van der Waals surface area (Å²) in [5.74, 6) is -2.76. The fourth-order valence-electron chi connectivity index (χ4n) is 4.68. The largest absolute Gasteiger partial charge is 0.490 e. The summed E-state index contributed by atoms with van der Waals surface area (Å²) in [5.41, 5.74) is 5.69. The average Bonchev–Trinajstić information content (AvgIpc) is 2.87. The Morgan fingerprint density at radius 1 is 1.06 bits per heavy atom. The fourth-order valence-corrected chi connectivity index (χ4v) is 6.77. The van der Waals surface area contributed by atoms with E-state index in [-0.39, 0.29) is 0 Å². The molecule has 2 aliphatic heterocycles. The van der Waals surface area contributed by atoms with Crippen molar-refractivity contribution in [3.8, 4) is 0 Å². The molecule has 0 radical (unpaired) electrons. The maximum Gasteiger partial charge on any atom is 0.490 e. The van der Waals surface area contributed by atoms with Crippen molar-refractivity contribution in [2.45, 2.75) is 44.2 Å². The Balaban J connectivity index is 0.000000383. The van der Waals surface area contributed by atoms with Gasteiger partial charge in [0.15, 0.2) is 0 Å². The molecule has 4 rings (SSSR count). The number of likely N-dealkylation sites (tertiary alicyclic amines) is 1. The van der Waals surface area contributed by atoms with E-state index in [1.54, 1.807) is 7.05 Å². The number of alkyl halides is 3. The van der Waals surface area contributed by atoms with Crippen molar-refractivity contribution < 1.29 is 31.5 Å². The lowest BCUT2D eigenvalue weighted by molar-refractivity contribution is -0.192. The van der Waals surface area contributed by atoms with Crippen LogP contribution in [0, 0.1) is 13.8 Å². The van der Waals surface area contributed by atoms with Crippen LogP contribution in [0.15, 0.2) is 42.5 Å². The molecule has 0 aromatic heterocycles. The van der Waals surface area contributed by atoms with Gasteiger partial charge in [0.05, 0.1) is 5.69 Å². The summed E-state index contributed by atoms with van der Waals surface area (Å²) in [6.45, 7) is 6.73. The van der Waals surface area contributed by atoms with E-state index in [4.69, 9.17) is 9.90 Å². The molecule has 2 aliphatic rings. The molecule has 0 saturated carbocycles. The zero-order valence-corrected chi connectivity index (χ0v) is 19.5. The lowest BCUT2D eigenvalue weighted by Gasteiger charge is -2.38. The third-order valence-corrected chi connectivity index (χ3v) is 8.72. The van der Waals surface area contributed by atoms with Crippen LogP contribution in [0.3, 0.4) is 0 Å². The summed E-state index contributed by atoms with van der Waals surface area (Å²) in [7, 11) is -1.67. The number of benzene rings is 2. The van der Waals surface area contributed by atoms with Crippen molar-refractivity contribution >= 4 is 21.7 Å². The summed E-state index contributed by atoms with van der Waals surface area (Å²) in [4.78, 5) is 11.3. The van der Waals surface area contributed by atoms with E-state index in [0.717, 1.165) is 30.9 Å². The molecule has 10 heteroatoms. The van der Waals surface area contributed by atoms with E-state index < -0.39 is 26.9 Å². The molecular formula is C23H27F3N2O4S. The summed E-state index contributed by atoms with van der Waals surface area (Å²) < 4.78 is 58.8. The zero-order chi connectivity index (χ0) is 24.6. The number of halogens is 3. The highest BCUT2D eigenvalue weighted by Crippen LogP contribution is 2.51. The van der Waals surface area contributed by atoms with E-state index in [2.05, 4.69) is 36.9 Å². The predicted molar refractivity (Wildman–Crippen MR) is 120 cm³/mol. The highest BCUT2D eigenvalue weighted by Gasteiger charge is 2.55. The zero-order valence-electron chi connectivity index (χ0n) is 18.7. The molecule has 1 spiro atoms. The molecule has 1 saturated heterocycles. The number of carbonyl (C=O) groups is 1. The van der Waals surface area contributed by atoms with Crippen LogP contribution in [0.1, 0.15) is 35.1 Å². The summed E-state index contributed by atoms with van der Waals surface area (Å²) in [5, 5.41) is 7.12. The van der Waals surface area contributed by atoms with Crippen molar-refractivity contribution in [3.05, 3.63) is 64.7 Å². The maximum absolute atomic E-state index is 13.2. The Bertz CT molecular complexity index is 1120. The Morgan fingerprint density at radius 2 is 1.58 bits per heavy atom. The third kappa shape index (κ3) is 4.86. The van der Waals surface area contributed by atoms with E-state index in [9.17, 15) is 21.6 Å². The van der Waals surface area contributed by atoms with E-state index in [1.807, 2.05) is 24.3 Å². The number of hydrogen-bond donors (Lipinski definition) is 1. The van der Waals surface area contributed by atoms with E-state index >= 15 is 0 Å². The Hall–Kier alpha value is -2.59. The molecule has 180 valence electrons. The minimum atomic E-state index is -5.08. The number of hydrogen-bond acceptors (Lipinski definition) is 4. The van der Waals surface area contributed by atoms with Crippen molar-refractivity contribution in [1.82, 2.24) is 4.90 Å². The highest BCUT2D eigenvalue weighted by atomic mass is 32.2. The van der Waals surface area contributed by atoms with Gasteiger partial charge in [0.25, 0.3) is 0 Å². The van der Waals surface area contributed by atoms with Crippen molar-refractivity contribution in [3.63, 3.8) is 0 Å². The normalized spacial score (nSPS) is 19.0. The van der Waals surface area contributed by atoms with Crippen LogP contribution in [-0.2, 0) is 26.1 Å². The third-order valence-electron chi connectivity index (χ3n) is 6.18. The smallest absolute Gasteiger partial charge is 0.475 e. The SMILES string of the molecule is Cc1cc(C)cc(CN2CCC3(CC2)c2ccccc2N(C)S3(=O)=O)c1.O=C(O)C(F)(F)F. The summed E-state index contributed by atoms with van der Waals surface area (Å²) in [6.07, 6.45) is -3.77. The first kappa shape index (κ1) is 25.0. The molecule has 2 aromatic rings. The molecule has 0 unspecified atom stereocenters. The van der Waals surface area contributed by atoms with Gasteiger partial charge in [0.2, 0.25) is 10.0 Å². The summed E-state index contributed by atoms with van der Waals surface area (Å²) in [6, 6.07) is 14.4. The number of piperidine rings is 1. The fraction of sp³-hybridized carbons (Fsp3) is 0.435. The van der Waals surface area contributed by atoms with Crippen molar-refractivity contribution in [1.29, 1.82) is 0 Å². The molecule has 1 fully saturated rings. The van der Waals surface area contributed by atoms with Crippen LogP contribution in [0.5, 0.6) is 0 Å². The lowest BCUT2D eigenvalue weighted by Crippen LogP contribution is -2.47. The number of nitrogens with zero attached hydrogens (tertiary/aromatic N) is 2. The summed E-state index contributed by atoms with van der Waals surface area (Å²) >= 11 is 0. The molecule has 0 amide bonds. The van der Waals surface area contributed by atoms with Crippen LogP contribution in [0.2, 0.25) is 0 Å². The van der Waals surface area contributed by atoms with Crippen LogP contribution >= 0.6 is 0 Å². The highest BCUT2D eigenvalue weighted by molar-refractivity contribution is 7.94. The standard InChI is InChI=1S/C21H26N2O2S.C2HF3O2/c1-16-12-17(2)14-18(13-16)15-23-10-8-21(9-11-23)19-6-4-5-7-20(19)22(3)26(21,24)25;3-2(4,5)1(6)7/h4-7,12-14H,8-11,15H2,1-3H3;(H,6,7). The van der Waals surface area contributed by atoms with Gasteiger partial charge < -0.3 is 5.11 Å². The van der Waals surface area contributed by atoms with Gasteiger partial charge >= 0.3 is 12.1 Å². The quantitative estimate of drug-likeness (QED) is 0.691. The second-order valence-electron chi connectivity index (χ2n) is 8.56. The van der Waals surface area contributed by atoms with Gasteiger partial charge in [-0.25, -0.2) is 13.2 Å². The number of aliphatic carboxylic acids is 1. The lowest BCUT2D eigenvalue weighted by atomic mass is 9.87. The maximum atomic E-state index is 13.2. The first-order valence-electron chi connectivity index (χ1n) is 10.5. The number of carboxylic acid groups (broad SMARTS) is 1. The van der Waals surface area contributed by atoms with Gasteiger partial charge in [-0.05, 0) is 43.9 Å². The first-order chi connectivity index (χ1) is 15.3. The Morgan fingerprint density at radius 3 is 2.09 bits per heavy atom. The molecule has 2 aromatic carbocycles. The van der Waals surface area contributed by atoms with Crippen LogP contribution in [0.4, 0.5) is 18.9 Å². The van der Waals surface area contributed by atoms with Crippen molar-refractivity contribution in [2.75, 3.05) is 24.4 Å². The van der Waals surface area contributed by atoms with Gasteiger partial charge in [-0.2, -0.15) is 13.2 Å². The van der Waals surface area contributed by atoms with Gasteiger partial charge in [-0.3, -0.25) is 9.21 Å². The Kier molecular flexibility index (Phi) is 6.82. The van der Waals surface area contributed by atoms with Gasteiger partial charge in [0.1, 0.15) is 4.75 Å².